The maximum absolute atomic E-state index is 12.9. The lowest BCUT2D eigenvalue weighted by atomic mass is 10.0. The van der Waals surface area contributed by atoms with E-state index in [9.17, 15) is 4.79 Å². The van der Waals surface area contributed by atoms with Gasteiger partial charge in [-0.2, -0.15) is 0 Å². The van der Waals surface area contributed by atoms with Gasteiger partial charge in [-0.3, -0.25) is 9.69 Å². The Labute approximate surface area is 147 Å². The Bertz CT molecular complexity index is 793. The Kier molecular flexibility index (Phi) is 4.36. The molecular formula is C19H22N4O2. The molecule has 1 aromatic heterocycles. The lowest BCUT2D eigenvalue weighted by molar-refractivity contribution is -0.120. The van der Waals surface area contributed by atoms with Crippen LogP contribution in [0.4, 0.5) is 5.69 Å². The summed E-state index contributed by atoms with van der Waals surface area (Å²) in [4.78, 5) is 25.5. The molecule has 0 spiro atoms. The summed E-state index contributed by atoms with van der Waals surface area (Å²) >= 11 is 0. The maximum Gasteiger partial charge on any atom is 0.241 e. The van der Waals surface area contributed by atoms with E-state index >= 15 is 0 Å². The first-order chi connectivity index (χ1) is 12.2. The first-order valence-corrected chi connectivity index (χ1v) is 8.72. The molecule has 0 radical (unpaired) electrons. The van der Waals surface area contributed by atoms with Gasteiger partial charge >= 0.3 is 0 Å². The second kappa shape index (κ2) is 6.80. The number of aryl methyl sites for hydroxylation is 1. The van der Waals surface area contributed by atoms with Crippen molar-refractivity contribution in [3.8, 4) is 5.75 Å². The monoisotopic (exact) mass is 338 g/mol. The van der Waals surface area contributed by atoms with Crippen molar-refractivity contribution in [3.05, 3.63) is 47.5 Å². The Balaban J connectivity index is 1.48. The van der Waals surface area contributed by atoms with E-state index < -0.39 is 0 Å². The number of methoxy groups -OCH3 is 1. The van der Waals surface area contributed by atoms with E-state index in [-0.39, 0.29) is 5.91 Å². The van der Waals surface area contributed by atoms with E-state index in [4.69, 9.17) is 4.74 Å². The van der Waals surface area contributed by atoms with E-state index in [0.29, 0.717) is 13.1 Å². The topological polar surface area (TPSA) is 58.6 Å². The van der Waals surface area contributed by atoms with Crippen LogP contribution in [-0.2, 0) is 24.2 Å². The molecule has 1 amide bonds. The Morgan fingerprint density at radius 1 is 1.24 bits per heavy atom. The minimum atomic E-state index is 0.156. The summed E-state index contributed by atoms with van der Waals surface area (Å²) in [5.74, 6) is 1.00. The van der Waals surface area contributed by atoms with Gasteiger partial charge in [0.15, 0.2) is 0 Å². The van der Waals surface area contributed by atoms with Crippen LogP contribution in [0.15, 0.2) is 30.7 Å². The molecular weight excluding hydrogens is 316 g/mol. The van der Waals surface area contributed by atoms with Gasteiger partial charge in [-0.25, -0.2) is 9.97 Å². The SMILES string of the molecule is COc1ccc2c(c1)CCCN2C(=O)CN1CCc2cncnc2C1. The highest BCUT2D eigenvalue weighted by molar-refractivity contribution is 5.96. The predicted molar refractivity (Wildman–Crippen MR) is 94.7 cm³/mol. The Hall–Kier alpha value is -2.47. The van der Waals surface area contributed by atoms with E-state index in [1.807, 2.05) is 29.3 Å². The van der Waals surface area contributed by atoms with Gasteiger partial charge in [0.25, 0.3) is 0 Å². The average Bonchev–Trinajstić information content (AvgIpc) is 2.66. The quantitative estimate of drug-likeness (QED) is 0.854. The number of anilines is 1. The van der Waals surface area contributed by atoms with Crippen molar-refractivity contribution in [1.82, 2.24) is 14.9 Å². The fourth-order valence-electron chi connectivity index (χ4n) is 3.68. The molecule has 0 N–H and O–H groups in total. The van der Waals surface area contributed by atoms with Gasteiger partial charge in [-0.1, -0.05) is 0 Å². The fourth-order valence-corrected chi connectivity index (χ4v) is 3.68. The van der Waals surface area contributed by atoms with Gasteiger partial charge < -0.3 is 9.64 Å². The zero-order valence-electron chi connectivity index (χ0n) is 14.4. The molecule has 4 rings (SSSR count). The number of hydrogen-bond acceptors (Lipinski definition) is 5. The zero-order chi connectivity index (χ0) is 17.2. The summed E-state index contributed by atoms with van der Waals surface area (Å²) in [6.45, 7) is 2.79. The highest BCUT2D eigenvalue weighted by atomic mass is 16.5. The van der Waals surface area contributed by atoms with Crippen LogP contribution in [0.3, 0.4) is 0 Å². The molecule has 1 aromatic carbocycles. The Morgan fingerprint density at radius 2 is 2.16 bits per heavy atom. The molecule has 0 bridgehead atoms. The smallest absolute Gasteiger partial charge is 0.241 e. The first kappa shape index (κ1) is 16.0. The number of aromatic nitrogens is 2. The lowest BCUT2D eigenvalue weighted by Crippen LogP contribution is -2.44. The number of carbonyl (C=O) groups excluding carboxylic acids is 1. The van der Waals surface area contributed by atoms with E-state index in [1.165, 1.54) is 11.1 Å². The standard InChI is InChI=1S/C19H22N4O2/c1-25-16-4-5-18-14(9-16)3-2-7-23(18)19(24)12-22-8-6-15-10-20-13-21-17(15)11-22/h4-5,9-10,13H,2-3,6-8,11-12H2,1H3. The number of benzene rings is 1. The molecule has 2 aromatic rings. The molecule has 6 heteroatoms. The number of nitrogens with zero attached hydrogens (tertiary/aromatic N) is 4. The highest BCUT2D eigenvalue weighted by Gasteiger charge is 2.26. The van der Waals surface area contributed by atoms with Crippen LogP contribution < -0.4 is 9.64 Å². The second-order valence-corrected chi connectivity index (χ2v) is 6.60. The molecule has 0 saturated heterocycles. The number of ether oxygens (including phenoxy) is 1. The van der Waals surface area contributed by atoms with Crippen molar-refractivity contribution in [2.45, 2.75) is 25.8 Å². The van der Waals surface area contributed by atoms with Crippen molar-refractivity contribution < 1.29 is 9.53 Å². The zero-order valence-corrected chi connectivity index (χ0v) is 14.4. The maximum atomic E-state index is 12.9. The van der Waals surface area contributed by atoms with E-state index in [0.717, 1.165) is 49.5 Å². The van der Waals surface area contributed by atoms with Gasteiger partial charge in [0, 0.05) is 31.5 Å². The number of hydrogen-bond donors (Lipinski definition) is 0. The largest absolute Gasteiger partial charge is 0.497 e. The molecule has 2 aliphatic heterocycles. The first-order valence-electron chi connectivity index (χ1n) is 8.72. The van der Waals surface area contributed by atoms with Crippen LogP contribution in [0.1, 0.15) is 23.2 Å². The molecule has 0 atom stereocenters. The van der Waals surface area contributed by atoms with Crippen molar-refractivity contribution >= 4 is 11.6 Å². The van der Waals surface area contributed by atoms with Crippen molar-refractivity contribution in [1.29, 1.82) is 0 Å². The summed E-state index contributed by atoms with van der Waals surface area (Å²) < 4.78 is 5.31. The minimum absolute atomic E-state index is 0.156. The van der Waals surface area contributed by atoms with Crippen LogP contribution in [0.25, 0.3) is 0 Å². The normalized spacial score (nSPS) is 16.9. The van der Waals surface area contributed by atoms with Gasteiger partial charge in [-0.15, -0.1) is 0 Å². The molecule has 0 aliphatic carbocycles. The minimum Gasteiger partial charge on any atom is -0.497 e. The average molecular weight is 338 g/mol. The summed E-state index contributed by atoms with van der Waals surface area (Å²) in [6.07, 6.45) is 6.34. The highest BCUT2D eigenvalue weighted by Crippen LogP contribution is 2.30. The number of rotatable bonds is 3. The third-order valence-electron chi connectivity index (χ3n) is 5.02. The molecule has 25 heavy (non-hydrogen) atoms. The number of amides is 1. The van der Waals surface area contributed by atoms with Gasteiger partial charge in [0.1, 0.15) is 12.1 Å². The summed E-state index contributed by atoms with van der Waals surface area (Å²) in [7, 11) is 1.67. The summed E-state index contributed by atoms with van der Waals surface area (Å²) in [6, 6.07) is 5.98. The summed E-state index contributed by atoms with van der Waals surface area (Å²) in [5, 5.41) is 0. The van der Waals surface area contributed by atoms with Crippen LogP contribution in [0.5, 0.6) is 5.75 Å². The molecule has 6 nitrogen and oxygen atoms in total. The van der Waals surface area contributed by atoms with Gasteiger partial charge in [0.05, 0.1) is 19.3 Å². The number of carbonyl (C=O) groups is 1. The Morgan fingerprint density at radius 3 is 3.04 bits per heavy atom. The van der Waals surface area contributed by atoms with E-state index in [2.05, 4.69) is 14.9 Å². The second-order valence-electron chi connectivity index (χ2n) is 6.60. The van der Waals surface area contributed by atoms with Crippen molar-refractivity contribution in [2.75, 3.05) is 31.6 Å². The van der Waals surface area contributed by atoms with Gasteiger partial charge in [0.2, 0.25) is 5.91 Å². The van der Waals surface area contributed by atoms with Crippen LogP contribution in [0, 0.1) is 0 Å². The lowest BCUT2D eigenvalue weighted by Gasteiger charge is -2.33. The van der Waals surface area contributed by atoms with Crippen LogP contribution in [-0.4, -0.2) is 47.5 Å². The van der Waals surface area contributed by atoms with Crippen LogP contribution in [0.2, 0.25) is 0 Å². The predicted octanol–water partition coefficient (Wildman–Crippen LogP) is 1.82. The van der Waals surface area contributed by atoms with Gasteiger partial charge in [-0.05, 0) is 48.6 Å². The molecule has 0 saturated carbocycles. The third-order valence-corrected chi connectivity index (χ3v) is 5.02. The van der Waals surface area contributed by atoms with Crippen LogP contribution >= 0.6 is 0 Å². The molecule has 0 unspecified atom stereocenters. The molecule has 0 fully saturated rings. The molecule has 3 heterocycles. The van der Waals surface area contributed by atoms with E-state index in [1.54, 1.807) is 13.4 Å². The summed E-state index contributed by atoms with van der Waals surface area (Å²) in [5.41, 5.74) is 4.45. The van der Waals surface area contributed by atoms with Crippen molar-refractivity contribution in [3.63, 3.8) is 0 Å². The number of fused-ring (bicyclic) bond motifs is 2. The molecule has 130 valence electrons. The molecule has 2 aliphatic rings. The third kappa shape index (κ3) is 3.22. The fraction of sp³-hybridized carbons (Fsp3) is 0.421. The van der Waals surface area contributed by atoms with Crippen molar-refractivity contribution in [2.24, 2.45) is 0 Å².